The van der Waals surface area contributed by atoms with Crippen molar-refractivity contribution in [2.75, 3.05) is 21.2 Å². The highest BCUT2D eigenvalue weighted by Crippen LogP contribution is 2.21. The molecule has 6 nitrogen and oxygen atoms in total. The van der Waals surface area contributed by atoms with E-state index in [1.54, 1.807) is 25.2 Å². The van der Waals surface area contributed by atoms with Crippen molar-refractivity contribution in [2.45, 2.75) is 12.5 Å². The minimum absolute atomic E-state index is 0.244. The molecule has 0 radical (unpaired) electrons. The smallest absolute Gasteiger partial charge is 0.321 e. The molecule has 0 saturated heterocycles. The molecule has 0 aromatic heterocycles. The molecule has 3 N–H and O–H groups in total. The third-order valence-corrected chi connectivity index (χ3v) is 2.82. The van der Waals surface area contributed by atoms with Crippen LogP contribution in [0.4, 0.5) is 0 Å². The van der Waals surface area contributed by atoms with E-state index >= 15 is 0 Å². The van der Waals surface area contributed by atoms with Gasteiger partial charge in [0, 0.05) is 7.05 Å². The fourth-order valence-corrected chi connectivity index (χ4v) is 1.73. The van der Waals surface area contributed by atoms with Gasteiger partial charge in [-0.05, 0) is 31.2 Å². The fourth-order valence-electron chi connectivity index (χ4n) is 1.73. The first-order valence-electron chi connectivity index (χ1n) is 5.82. The normalized spacial score (nSPS) is 11.7. The number of hydrogen-bond acceptors (Lipinski definition) is 4. The third-order valence-electron chi connectivity index (χ3n) is 2.82. The summed E-state index contributed by atoms with van der Waals surface area (Å²) < 4.78 is 5.16. The Morgan fingerprint density at radius 1 is 1.37 bits per heavy atom. The molecule has 1 atom stereocenters. The molecule has 1 amide bonds. The lowest BCUT2D eigenvalue weighted by molar-refractivity contribution is -0.139. The van der Waals surface area contributed by atoms with Gasteiger partial charge < -0.3 is 20.5 Å². The van der Waals surface area contributed by atoms with Gasteiger partial charge in [-0.3, -0.25) is 9.59 Å². The number of rotatable bonds is 6. The zero-order valence-electron chi connectivity index (χ0n) is 11.2. The predicted octanol–water partition coefficient (Wildman–Crippen LogP) is 0.270. The van der Waals surface area contributed by atoms with Gasteiger partial charge in [0.25, 0.3) is 5.91 Å². The summed E-state index contributed by atoms with van der Waals surface area (Å²) in [5.74, 6) is -0.735. The van der Waals surface area contributed by atoms with Crippen LogP contribution in [0.5, 0.6) is 5.75 Å². The highest BCUT2D eigenvalue weighted by molar-refractivity contribution is 5.96. The third kappa shape index (κ3) is 3.69. The molecule has 1 aromatic rings. The molecule has 0 fully saturated rings. The summed E-state index contributed by atoms with van der Waals surface area (Å²) in [4.78, 5) is 22.5. The van der Waals surface area contributed by atoms with Gasteiger partial charge in [0.1, 0.15) is 11.8 Å². The van der Waals surface area contributed by atoms with Crippen LogP contribution in [0, 0.1) is 0 Å². The average molecular weight is 266 g/mol. The number of carboxylic acid groups (broad SMARTS) is 1. The molecule has 0 bridgehead atoms. The number of aliphatic carboxylic acids is 1. The van der Waals surface area contributed by atoms with Crippen molar-refractivity contribution in [3.63, 3.8) is 0 Å². The summed E-state index contributed by atoms with van der Waals surface area (Å²) in [6, 6.07) is 4.36. The van der Waals surface area contributed by atoms with Crippen molar-refractivity contribution in [3.8, 4) is 5.75 Å². The number of amides is 1. The molecule has 0 aliphatic rings. The first-order chi connectivity index (χ1) is 9.03. The minimum atomic E-state index is -0.920. The maximum absolute atomic E-state index is 11.6. The number of carbonyl (C=O) groups is 2. The SMILES string of the molecule is CNC(=O)c1ccc(CC(NC)C(=O)O)cc1OC. The van der Waals surface area contributed by atoms with Gasteiger partial charge in [0.2, 0.25) is 0 Å². The van der Waals surface area contributed by atoms with Crippen molar-refractivity contribution in [3.05, 3.63) is 29.3 Å². The predicted molar refractivity (Wildman–Crippen MR) is 70.6 cm³/mol. The molecular formula is C13H18N2O4. The Morgan fingerprint density at radius 2 is 2.05 bits per heavy atom. The standard InChI is InChI=1S/C13H18N2O4/c1-14-10(13(17)18)6-8-4-5-9(12(16)15-2)11(7-8)19-3/h4-5,7,10,14H,6H2,1-3H3,(H,15,16)(H,17,18). The van der Waals surface area contributed by atoms with Crippen LogP contribution in [0.25, 0.3) is 0 Å². The molecule has 19 heavy (non-hydrogen) atoms. The minimum Gasteiger partial charge on any atom is -0.496 e. The molecule has 104 valence electrons. The Morgan fingerprint density at radius 3 is 2.53 bits per heavy atom. The average Bonchev–Trinajstić information content (AvgIpc) is 2.43. The second kappa shape index (κ2) is 6.75. The molecule has 0 spiro atoms. The Kier molecular flexibility index (Phi) is 5.32. The summed E-state index contributed by atoms with van der Waals surface area (Å²) in [7, 11) is 4.60. The molecule has 1 rings (SSSR count). The van der Waals surface area contributed by atoms with Crippen LogP contribution in [0.2, 0.25) is 0 Å². The number of hydrogen-bond donors (Lipinski definition) is 3. The number of carbonyl (C=O) groups excluding carboxylic acids is 1. The molecule has 1 unspecified atom stereocenters. The second-order valence-electron chi connectivity index (χ2n) is 4.00. The topological polar surface area (TPSA) is 87.7 Å². The number of benzene rings is 1. The van der Waals surface area contributed by atoms with Crippen LogP contribution in [0.3, 0.4) is 0 Å². The van der Waals surface area contributed by atoms with Gasteiger partial charge in [-0.25, -0.2) is 0 Å². The quantitative estimate of drug-likeness (QED) is 0.688. The van der Waals surface area contributed by atoms with Crippen LogP contribution in [-0.4, -0.2) is 44.2 Å². The van der Waals surface area contributed by atoms with Crippen molar-refractivity contribution >= 4 is 11.9 Å². The maximum atomic E-state index is 11.6. The van der Waals surface area contributed by atoms with E-state index in [9.17, 15) is 9.59 Å². The summed E-state index contributed by atoms with van der Waals surface area (Å²) in [5.41, 5.74) is 1.20. The maximum Gasteiger partial charge on any atom is 0.321 e. The van der Waals surface area contributed by atoms with Gasteiger partial charge in [-0.2, -0.15) is 0 Å². The first kappa shape index (κ1) is 15.0. The lowest BCUT2D eigenvalue weighted by atomic mass is 10.0. The molecule has 1 aromatic carbocycles. The summed E-state index contributed by atoms with van der Waals surface area (Å²) in [6.45, 7) is 0. The van der Waals surface area contributed by atoms with E-state index in [1.165, 1.54) is 14.2 Å². The lowest BCUT2D eigenvalue weighted by Crippen LogP contribution is -2.35. The second-order valence-corrected chi connectivity index (χ2v) is 4.00. The summed E-state index contributed by atoms with van der Waals surface area (Å²) in [5, 5.41) is 14.2. The molecule has 0 aliphatic carbocycles. The fraction of sp³-hybridized carbons (Fsp3) is 0.385. The zero-order valence-corrected chi connectivity index (χ0v) is 11.2. The van der Waals surface area contributed by atoms with Crippen LogP contribution in [0.15, 0.2) is 18.2 Å². The van der Waals surface area contributed by atoms with Crippen molar-refractivity contribution in [1.29, 1.82) is 0 Å². The van der Waals surface area contributed by atoms with E-state index in [-0.39, 0.29) is 5.91 Å². The van der Waals surface area contributed by atoms with Gasteiger partial charge in [-0.15, -0.1) is 0 Å². The van der Waals surface area contributed by atoms with Gasteiger partial charge in [0.15, 0.2) is 0 Å². The summed E-state index contributed by atoms with van der Waals surface area (Å²) in [6.07, 6.45) is 0.316. The first-order valence-corrected chi connectivity index (χ1v) is 5.82. The largest absolute Gasteiger partial charge is 0.496 e. The Labute approximate surface area is 111 Å². The molecule has 6 heteroatoms. The van der Waals surface area contributed by atoms with Crippen molar-refractivity contribution in [2.24, 2.45) is 0 Å². The monoisotopic (exact) mass is 266 g/mol. The van der Waals surface area contributed by atoms with Crippen LogP contribution in [-0.2, 0) is 11.2 Å². The zero-order chi connectivity index (χ0) is 14.4. The van der Waals surface area contributed by atoms with Gasteiger partial charge >= 0.3 is 5.97 Å². The van der Waals surface area contributed by atoms with E-state index in [2.05, 4.69) is 10.6 Å². The number of likely N-dealkylation sites (N-methyl/N-ethyl adjacent to an activating group) is 1. The Hall–Kier alpha value is -2.08. The van der Waals surface area contributed by atoms with Crippen molar-refractivity contribution < 1.29 is 19.4 Å². The molecular weight excluding hydrogens is 248 g/mol. The Balaban J connectivity index is 3.00. The van der Waals surface area contributed by atoms with Crippen LogP contribution >= 0.6 is 0 Å². The lowest BCUT2D eigenvalue weighted by Gasteiger charge is -2.13. The van der Waals surface area contributed by atoms with E-state index in [0.29, 0.717) is 17.7 Å². The number of nitrogens with one attached hydrogen (secondary N) is 2. The number of methoxy groups -OCH3 is 1. The van der Waals surface area contributed by atoms with E-state index in [1.807, 2.05) is 0 Å². The van der Waals surface area contributed by atoms with Crippen LogP contribution < -0.4 is 15.4 Å². The number of ether oxygens (including phenoxy) is 1. The molecule has 0 aliphatic heterocycles. The molecule has 0 heterocycles. The van der Waals surface area contributed by atoms with Gasteiger partial charge in [0.05, 0.1) is 12.7 Å². The van der Waals surface area contributed by atoms with E-state index < -0.39 is 12.0 Å². The van der Waals surface area contributed by atoms with E-state index in [0.717, 1.165) is 5.56 Å². The number of carboxylic acids is 1. The van der Waals surface area contributed by atoms with Crippen molar-refractivity contribution in [1.82, 2.24) is 10.6 Å². The van der Waals surface area contributed by atoms with Crippen LogP contribution in [0.1, 0.15) is 15.9 Å². The van der Waals surface area contributed by atoms with Gasteiger partial charge in [-0.1, -0.05) is 6.07 Å². The highest BCUT2D eigenvalue weighted by Gasteiger charge is 2.17. The van der Waals surface area contributed by atoms with E-state index in [4.69, 9.17) is 9.84 Å². The Bertz CT molecular complexity index is 474. The summed E-state index contributed by atoms with van der Waals surface area (Å²) >= 11 is 0. The molecule has 0 saturated carbocycles. The highest BCUT2D eigenvalue weighted by atomic mass is 16.5.